The second-order valence-electron chi connectivity index (χ2n) is 11.4. The molecule has 0 bridgehead atoms. The standard InChI is InChI=1S/C33H35ClN8O6/c34-26-19-21(13-17-37-26)40-33(48)39-20-12-16-36-24(18-20)29(44)38-15-6-4-2-1-3-5-14-35-23-9-7-8-22-28(23)32(47)42(31(22)46)25-10-11-27(43)41-30(25)45/h7-9,12-13,16-19,25,35H,1-6,10-11,14-15H2,(H,38,44)(H,41,43,45)(H2,36,37,39,40,48). The Labute approximate surface area is 281 Å². The van der Waals surface area contributed by atoms with E-state index < -0.39 is 35.7 Å². The number of nitrogens with zero attached hydrogens (tertiary/aromatic N) is 3. The van der Waals surface area contributed by atoms with Crippen LogP contribution in [0.2, 0.25) is 5.15 Å². The number of fused-ring (bicyclic) bond motifs is 1. The number of aromatic nitrogens is 2. The number of halogens is 1. The van der Waals surface area contributed by atoms with Gasteiger partial charge in [-0.2, -0.15) is 0 Å². The molecule has 5 N–H and O–H groups in total. The molecule has 0 saturated carbocycles. The maximum Gasteiger partial charge on any atom is 0.323 e. The number of nitrogens with one attached hydrogen (secondary N) is 5. The number of benzene rings is 1. The van der Waals surface area contributed by atoms with Crippen molar-refractivity contribution in [1.29, 1.82) is 0 Å². The molecule has 48 heavy (non-hydrogen) atoms. The molecule has 1 atom stereocenters. The summed E-state index contributed by atoms with van der Waals surface area (Å²) in [5.41, 5.74) is 2.12. The van der Waals surface area contributed by atoms with Gasteiger partial charge in [-0.25, -0.2) is 9.78 Å². The molecule has 0 aliphatic carbocycles. The largest absolute Gasteiger partial charge is 0.384 e. The number of piperidine rings is 1. The first-order valence-electron chi connectivity index (χ1n) is 15.7. The second-order valence-corrected chi connectivity index (χ2v) is 11.7. The lowest BCUT2D eigenvalue weighted by molar-refractivity contribution is -0.136. The maximum atomic E-state index is 13.2. The van der Waals surface area contributed by atoms with Crippen LogP contribution in [0.3, 0.4) is 0 Å². The minimum absolute atomic E-state index is 0.0712. The number of imide groups is 2. The lowest BCUT2D eigenvalue weighted by Crippen LogP contribution is -2.54. The smallest absolute Gasteiger partial charge is 0.323 e. The number of pyridine rings is 2. The number of urea groups is 1. The van der Waals surface area contributed by atoms with Gasteiger partial charge in [0.2, 0.25) is 11.8 Å². The fourth-order valence-electron chi connectivity index (χ4n) is 5.54. The number of anilines is 3. The quantitative estimate of drug-likeness (QED) is 0.0939. The van der Waals surface area contributed by atoms with Gasteiger partial charge in [-0.15, -0.1) is 0 Å². The molecule has 2 aliphatic rings. The summed E-state index contributed by atoms with van der Waals surface area (Å²) in [6, 6.07) is 9.70. The highest BCUT2D eigenvalue weighted by atomic mass is 35.5. The summed E-state index contributed by atoms with van der Waals surface area (Å²) in [5, 5.41) is 13.9. The summed E-state index contributed by atoms with van der Waals surface area (Å²) in [6.45, 7) is 1.10. The Morgan fingerprint density at radius 2 is 1.54 bits per heavy atom. The Morgan fingerprint density at radius 1 is 0.854 bits per heavy atom. The molecule has 1 unspecified atom stereocenters. The maximum absolute atomic E-state index is 13.2. The van der Waals surface area contributed by atoms with Crippen LogP contribution in [0.4, 0.5) is 21.9 Å². The first-order chi connectivity index (χ1) is 23.2. The third-order valence-corrected chi connectivity index (χ3v) is 8.11. The molecule has 250 valence electrons. The number of carbonyl (C=O) groups is 6. The fourth-order valence-corrected chi connectivity index (χ4v) is 5.71. The monoisotopic (exact) mass is 674 g/mol. The fraction of sp³-hybridized carbons (Fsp3) is 0.333. The van der Waals surface area contributed by atoms with Crippen molar-refractivity contribution in [2.75, 3.05) is 29.0 Å². The van der Waals surface area contributed by atoms with Crippen molar-refractivity contribution in [1.82, 2.24) is 25.5 Å². The summed E-state index contributed by atoms with van der Waals surface area (Å²) in [4.78, 5) is 83.8. The van der Waals surface area contributed by atoms with E-state index in [-0.39, 0.29) is 40.7 Å². The Balaban J connectivity index is 0.963. The van der Waals surface area contributed by atoms with Gasteiger partial charge in [0.15, 0.2) is 0 Å². The van der Waals surface area contributed by atoms with Crippen LogP contribution in [0.5, 0.6) is 0 Å². The first kappa shape index (κ1) is 34.0. The van der Waals surface area contributed by atoms with Crippen LogP contribution in [-0.2, 0) is 9.59 Å². The summed E-state index contributed by atoms with van der Waals surface area (Å²) in [7, 11) is 0. The lowest BCUT2D eigenvalue weighted by atomic mass is 10.0. The minimum atomic E-state index is -0.999. The molecule has 0 radical (unpaired) electrons. The number of rotatable bonds is 14. The van der Waals surface area contributed by atoms with Crippen LogP contribution in [-0.4, -0.2) is 69.6 Å². The highest BCUT2D eigenvalue weighted by Crippen LogP contribution is 2.32. The normalized spacial score (nSPS) is 15.5. The Bertz CT molecular complexity index is 1730. The number of unbranched alkanes of at least 4 members (excludes halogenated alkanes) is 5. The van der Waals surface area contributed by atoms with Gasteiger partial charge in [-0.1, -0.05) is 43.4 Å². The first-order valence-corrected chi connectivity index (χ1v) is 16.1. The van der Waals surface area contributed by atoms with Crippen LogP contribution in [0.25, 0.3) is 0 Å². The zero-order chi connectivity index (χ0) is 34.0. The third kappa shape index (κ3) is 8.50. The molecule has 1 aromatic carbocycles. The Hall–Kier alpha value is -5.37. The molecule has 15 heteroatoms. The SMILES string of the molecule is O=C1CCC(N2C(=O)c3cccc(NCCCCCCCCNC(=O)c4cc(NC(=O)Nc5ccnc(Cl)c5)ccn4)c3C2=O)C(=O)N1. The topological polar surface area (TPSA) is 192 Å². The summed E-state index contributed by atoms with van der Waals surface area (Å²) in [6.07, 6.45) is 8.62. The van der Waals surface area contributed by atoms with Crippen LogP contribution >= 0.6 is 11.6 Å². The average Bonchev–Trinajstić information content (AvgIpc) is 3.31. The molecule has 4 heterocycles. The third-order valence-electron chi connectivity index (χ3n) is 7.91. The van der Waals surface area contributed by atoms with E-state index in [1.165, 1.54) is 24.5 Å². The van der Waals surface area contributed by atoms with Crippen molar-refractivity contribution < 1.29 is 28.8 Å². The summed E-state index contributed by atoms with van der Waals surface area (Å²) < 4.78 is 0. The lowest BCUT2D eigenvalue weighted by Gasteiger charge is -2.27. The van der Waals surface area contributed by atoms with E-state index in [1.807, 2.05) is 0 Å². The molecule has 0 spiro atoms. The van der Waals surface area contributed by atoms with Gasteiger partial charge in [-0.05, 0) is 55.7 Å². The van der Waals surface area contributed by atoms with Gasteiger partial charge in [0.05, 0.1) is 11.1 Å². The molecule has 1 saturated heterocycles. The number of hydrogen-bond donors (Lipinski definition) is 5. The van der Waals surface area contributed by atoms with E-state index in [2.05, 4.69) is 36.6 Å². The average molecular weight is 675 g/mol. The highest BCUT2D eigenvalue weighted by Gasteiger charge is 2.45. The van der Waals surface area contributed by atoms with Crippen LogP contribution in [0.1, 0.15) is 82.6 Å². The second kappa shape index (κ2) is 16.0. The molecule has 14 nitrogen and oxygen atoms in total. The van der Waals surface area contributed by atoms with Crippen molar-refractivity contribution in [2.24, 2.45) is 0 Å². The molecular formula is C33H35ClN8O6. The predicted octanol–water partition coefficient (Wildman–Crippen LogP) is 4.36. The van der Waals surface area contributed by atoms with Crippen LogP contribution < -0.4 is 26.6 Å². The van der Waals surface area contributed by atoms with E-state index in [4.69, 9.17) is 11.6 Å². The molecular weight excluding hydrogens is 640 g/mol. The van der Waals surface area contributed by atoms with Crippen molar-refractivity contribution in [3.05, 3.63) is 76.8 Å². The number of hydrogen-bond acceptors (Lipinski definition) is 9. The van der Waals surface area contributed by atoms with Crippen molar-refractivity contribution in [3.8, 4) is 0 Å². The molecule has 5 rings (SSSR count). The highest BCUT2D eigenvalue weighted by molar-refractivity contribution is 6.29. The van der Waals surface area contributed by atoms with Gasteiger partial charge < -0.3 is 21.3 Å². The molecule has 2 aliphatic heterocycles. The van der Waals surface area contributed by atoms with Crippen molar-refractivity contribution >= 4 is 64.2 Å². The van der Waals surface area contributed by atoms with Crippen molar-refractivity contribution in [2.45, 2.75) is 57.4 Å². The van der Waals surface area contributed by atoms with E-state index in [1.54, 1.807) is 30.3 Å². The molecule has 2 aromatic heterocycles. The van der Waals surface area contributed by atoms with Gasteiger partial charge in [0.1, 0.15) is 16.9 Å². The Morgan fingerprint density at radius 3 is 2.27 bits per heavy atom. The van der Waals surface area contributed by atoms with Gasteiger partial charge in [0.25, 0.3) is 17.7 Å². The molecule has 1 fully saturated rings. The summed E-state index contributed by atoms with van der Waals surface area (Å²) in [5.74, 6) is -2.44. The number of amides is 7. The molecule has 3 aromatic rings. The van der Waals surface area contributed by atoms with Crippen molar-refractivity contribution in [3.63, 3.8) is 0 Å². The van der Waals surface area contributed by atoms with E-state index in [0.29, 0.717) is 30.2 Å². The van der Waals surface area contributed by atoms with E-state index in [0.717, 1.165) is 43.4 Å². The number of carbonyl (C=O) groups excluding carboxylic acids is 6. The van der Waals surface area contributed by atoms with E-state index in [9.17, 15) is 28.8 Å². The zero-order valence-electron chi connectivity index (χ0n) is 26.0. The van der Waals surface area contributed by atoms with Gasteiger partial charge in [0, 0.05) is 49.0 Å². The van der Waals surface area contributed by atoms with Gasteiger partial charge in [-0.3, -0.25) is 39.2 Å². The predicted molar refractivity (Wildman–Crippen MR) is 178 cm³/mol. The zero-order valence-corrected chi connectivity index (χ0v) is 26.8. The van der Waals surface area contributed by atoms with E-state index >= 15 is 0 Å². The van der Waals surface area contributed by atoms with Gasteiger partial charge >= 0.3 is 6.03 Å². The summed E-state index contributed by atoms with van der Waals surface area (Å²) >= 11 is 5.84. The van der Waals surface area contributed by atoms with Crippen LogP contribution in [0, 0.1) is 0 Å². The molecule has 7 amide bonds. The Kier molecular flexibility index (Phi) is 11.3. The van der Waals surface area contributed by atoms with Crippen LogP contribution in [0.15, 0.2) is 54.9 Å². The minimum Gasteiger partial charge on any atom is -0.384 e.